The first kappa shape index (κ1) is 23.1. The zero-order valence-electron chi connectivity index (χ0n) is 19.8. The van der Waals surface area contributed by atoms with Gasteiger partial charge in [0.2, 0.25) is 5.91 Å². The maximum absolute atomic E-state index is 12.9. The van der Waals surface area contributed by atoms with Crippen LogP contribution in [0.4, 0.5) is 5.82 Å². The number of β-amino-alcohol motifs (C(OH)–C–C–N with tert-alkyl or cyclic N) is 1. The molecule has 1 aromatic heterocycles. The minimum atomic E-state index is -0.353. The highest BCUT2D eigenvalue weighted by atomic mass is 16.5. The van der Waals surface area contributed by atoms with Crippen molar-refractivity contribution in [2.45, 2.75) is 52.3 Å². The Morgan fingerprint density at radius 2 is 2.00 bits per heavy atom. The summed E-state index contributed by atoms with van der Waals surface area (Å²) in [5, 5.41) is 11.4. The van der Waals surface area contributed by atoms with E-state index in [1.54, 1.807) is 7.11 Å². The summed E-state index contributed by atoms with van der Waals surface area (Å²) in [5.41, 5.74) is 4.16. The lowest BCUT2D eigenvalue weighted by molar-refractivity contribution is -0.132. The number of carbonyl (C=O) groups is 1. The van der Waals surface area contributed by atoms with E-state index < -0.39 is 0 Å². The number of aromatic nitrogens is 1. The molecule has 1 atom stereocenters. The van der Waals surface area contributed by atoms with E-state index in [1.165, 1.54) is 0 Å². The normalized spacial score (nSPS) is 16.1. The molecule has 2 heterocycles. The molecule has 3 aromatic rings. The van der Waals surface area contributed by atoms with Crippen molar-refractivity contribution in [3.05, 3.63) is 65.2 Å². The van der Waals surface area contributed by atoms with Gasteiger partial charge in [0.15, 0.2) is 0 Å². The third-order valence-electron chi connectivity index (χ3n) is 6.35. The Balaban J connectivity index is 1.71. The van der Waals surface area contributed by atoms with Crippen molar-refractivity contribution < 1.29 is 14.6 Å². The number of carbonyl (C=O) groups excluding carboxylic acids is 1. The van der Waals surface area contributed by atoms with Gasteiger partial charge in [-0.2, -0.15) is 0 Å². The first-order chi connectivity index (χ1) is 16.0. The van der Waals surface area contributed by atoms with Crippen LogP contribution in [0.1, 0.15) is 42.9 Å². The van der Waals surface area contributed by atoms with Crippen LogP contribution in [-0.2, 0) is 17.9 Å². The molecule has 1 amide bonds. The van der Waals surface area contributed by atoms with Crippen molar-refractivity contribution in [2.24, 2.45) is 0 Å². The van der Waals surface area contributed by atoms with Crippen LogP contribution < -0.4 is 9.64 Å². The summed E-state index contributed by atoms with van der Waals surface area (Å²) in [6.45, 7) is 6.38. The molecule has 0 spiro atoms. The van der Waals surface area contributed by atoms with Crippen LogP contribution in [-0.4, -0.2) is 47.2 Å². The summed E-state index contributed by atoms with van der Waals surface area (Å²) in [4.78, 5) is 22.1. The standard InChI is InChI=1S/C27H33N3O3/c1-4-25(32)30(16-20-10-12-24(33-3)13-11-20)17-22-15-21-8-5-7-19(2)26(21)28-27(22)29-14-6-9-23(31)18-29/h5,7-8,10-13,15,23,31H,4,6,9,14,16-18H2,1-3H3/t23-/m0/s1. The molecule has 1 aliphatic heterocycles. The fraction of sp³-hybridized carbons (Fsp3) is 0.407. The number of methoxy groups -OCH3 is 1. The van der Waals surface area contributed by atoms with Gasteiger partial charge < -0.3 is 19.6 Å². The third-order valence-corrected chi connectivity index (χ3v) is 6.35. The van der Waals surface area contributed by atoms with Gasteiger partial charge in [-0.3, -0.25) is 4.79 Å². The number of benzene rings is 2. The van der Waals surface area contributed by atoms with E-state index in [4.69, 9.17) is 9.72 Å². The summed E-state index contributed by atoms with van der Waals surface area (Å²) in [6.07, 6.45) is 1.83. The van der Waals surface area contributed by atoms with Crippen LogP contribution in [0.25, 0.3) is 10.9 Å². The number of aliphatic hydroxyl groups excluding tert-OH is 1. The predicted octanol–water partition coefficient (Wildman–Crippen LogP) is 4.45. The Morgan fingerprint density at radius 1 is 1.21 bits per heavy atom. The van der Waals surface area contributed by atoms with Crippen molar-refractivity contribution in [1.29, 1.82) is 0 Å². The number of pyridine rings is 1. The number of aryl methyl sites for hydroxylation is 1. The number of hydrogen-bond acceptors (Lipinski definition) is 5. The van der Waals surface area contributed by atoms with E-state index in [1.807, 2.05) is 42.2 Å². The topological polar surface area (TPSA) is 65.9 Å². The van der Waals surface area contributed by atoms with Crippen molar-refractivity contribution >= 4 is 22.6 Å². The Kier molecular flexibility index (Phi) is 7.14. The second kappa shape index (κ2) is 10.2. The fourth-order valence-electron chi connectivity index (χ4n) is 4.53. The highest BCUT2D eigenvalue weighted by molar-refractivity contribution is 5.85. The van der Waals surface area contributed by atoms with Gasteiger partial charge in [-0.1, -0.05) is 37.3 Å². The number of rotatable bonds is 7. The van der Waals surface area contributed by atoms with Crippen LogP contribution in [0.3, 0.4) is 0 Å². The molecular formula is C27H33N3O3. The van der Waals surface area contributed by atoms with Gasteiger partial charge in [0, 0.05) is 43.5 Å². The molecule has 6 heteroatoms. The van der Waals surface area contributed by atoms with Gasteiger partial charge in [0.25, 0.3) is 0 Å². The molecule has 1 aliphatic rings. The van der Waals surface area contributed by atoms with Crippen molar-refractivity contribution in [1.82, 2.24) is 9.88 Å². The van der Waals surface area contributed by atoms with Crippen LogP contribution >= 0.6 is 0 Å². The Bertz CT molecular complexity index is 1110. The summed E-state index contributed by atoms with van der Waals surface area (Å²) in [6, 6.07) is 16.2. The smallest absolute Gasteiger partial charge is 0.222 e. The van der Waals surface area contributed by atoms with E-state index in [0.29, 0.717) is 26.1 Å². The van der Waals surface area contributed by atoms with Crippen molar-refractivity contribution in [3.63, 3.8) is 0 Å². The first-order valence-electron chi connectivity index (χ1n) is 11.7. The molecule has 0 bridgehead atoms. The number of anilines is 1. The molecule has 1 fully saturated rings. The number of fused-ring (bicyclic) bond motifs is 1. The van der Waals surface area contributed by atoms with Crippen molar-refractivity contribution in [3.8, 4) is 5.75 Å². The number of amides is 1. The lowest BCUT2D eigenvalue weighted by Crippen LogP contribution is -2.40. The van der Waals surface area contributed by atoms with Gasteiger partial charge in [0.05, 0.1) is 18.7 Å². The van der Waals surface area contributed by atoms with E-state index in [0.717, 1.165) is 58.5 Å². The van der Waals surface area contributed by atoms with Crippen molar-refractivity contribution in [2.75, 3.05) is 25.1 Å². The maximum Gasteiger partial charge on any atom is 0.222 e. The molecule has 2 aromatic carbocycles. The monoisotopic (exact) mass is 447 g/mol. The zero-order valence-corrected chi connectivity index (χ0v) is 19.8. The summed E-state index contributed by atoms with van der Waals surface area (Å²) in [5.74, 6) is 1.77. The predicted molar refractivity (Wildman–Crippen MR) is 131 cm³/mol. The fourth-order valence-corrected chi connectivity index (χ4v) is 4.53. The van der Waals surface area contributed by atoms with Gasteiger partial charge in [-0.05, 0) is 49.1 Å². The largest absolute Gasteiger partial charge is 0.497 e. The molecule has 4 rings (SSSR count). The highest BCUT2D eigenvalue weighted by Gasteiger charge is 2.24. The molecule has 0 unspecified atom stereocenters. The summed E-state index contributed by atoms with van der Waals surface area (Å²) >= 11 is 0. The number of piperidine rings is 1. The Labute approximate surface area is 195 Å². The average molecular weight is 448 g/mol. The highest BCUT2D eigenvalue weighted by Crippen LogP contribution is 2.29. The zero-order chi connectivity index (χ0) is 23.4. The molecule has 33 heavy (non-hydrogen) atoms. The van der Waals surface area contributed by atoms with Crippen LogP contribution in [0.5, 0.6) is 5.75 Å². The minimum absolute atomic E-state index is 0.0970. The summed E-state index contributed by atoms with van der Waals surface area (Å²) < 4.78 is 5.27. The molecule has 0 radical (unpaired) electrons. The lowest BCUT2D eigenvalue weighted by Gasteiger charge is -2.33. The molecule has 0 saturated carbocycles. The number of para-hydroxylation sites is 1. The van der Waals surface area contributed by atoms with Gasteiger partial charge in [0.1, 0.15) is 11.6 Å². The number of hydrogen-bond donors (Lipinski definition) is 1. The molecule has 6 nitrogen and oxygen atoms in total. The number of ether oxygens (including phenoxy) is 1. The molecular weight excluding hydrogens is 414 g/mol. The quantitative estimate of drug-likeness (QED) is 0.580. The number of aliphatic hydroxyl groups is 1. The second-order valence-electron chi connectivity index (χ2n) is 8.81. The van der Waals surface area contributed by atoms with Gasteiger partial charge in [-0.15, -0.1) is 0 Å². The third kappa shape index (κ3) is 5.28. The summed E-state index contributed by atoms with van der Waals surface area (Å²) in [7, 11) is 1.65. The van der Waals surface area contributed by atoms with Gasteiger partial charge >= 0.3 is 0 Å². The molecule has 174 valence electrons. The van der Waals surface area contributed by atoms with Crippen LogP contribution in [0, 0.1) is 6.92 Å². The lowest BCUT2D eigenvalue weighted by atomic mass is 10.0. The molecule has 1 saturated heterocycles. The minimum Gasteiger partial charge on any atom is -0.497 e. The van der Waals surface area contributed by atoms with E-state index >= 15 is 0 Å². The Hall–Kier alpha value is -3.12. The molecule has 1 N–H and O–H groups in total. The SMILES string of the molecule is CCC(=O)N(Cc1ccc(OC)cc1)Cc1cc2cccc(C)c2nc1N1CCC[C@H](O)C1. The van der Waals surface area contributed by atoms with Crippen LogP contribution in [0.15, 0.2) is 48.5 Å². The first-order valence-corrected chi connectivity index (χ1v) is 11.7. The number of nitrogens with zero attached hydrogens (tertiary/aromatic N) is 3. The maximum atomic E-state index is 12.9. The van der Waals surface area contributed by atoms with Crippen LogP contribution in [0.2, 0.25) is 0 Å². The van der Waals surface area contributed by atoms with Gasteiger partial charge in [-0.25, -0.2) is 4.98 Å². The molecule has 0 aliphatic carbocycles. The van der Waals surface area contributed by atoms with E-state index in [2.05, 4.69) is 30.0 Å². The van der Waals surface area contributed by atoms with E-state index in [9.17, 15) is 9.90 Å². The second-order valence-corrected chi connectivity index (χ2v) is 8.81. The average Bonchev–Trinajstić information content (AvgIpc) is 2.83. The Morgan fingerprint density at radius 3 is 2.70 bits per heavy atom. The van der Waals surface area contributed by atoms with E-state index in [-0.39, 0.29) is 12.0 Å².